The summed E-state index contributed by atoms with van der Waals surface area (Å²) in [6.07, 6.45) is -58.3. The molecule has 104 heavy (non-hydrogen) atoms. The molecule has 5 aliphatic rings. The molecule has 10 unspecified atom stereocenters. The van der Waals surface area contributed by atoms with Crippen molar-refractivity contribution in [2.75, 3.05) is 13.1 Å². The van der Waals surface area contributed by atoms with Crippen molar-refractivity contribution in [2.45, 2.75) is 184 Å². The fourth-order valence-electron chi connectivity index (χ4n) is 7.62. The van der Waals surface area contributed by atoms with Crippen molar-refractivity contribution in [3.63, 3.8) is 0 Å². The number of aldehydes is 1. The third-order valence-corrected chi connectivity index (χ3v) is 14.5. The minimum atomic E-state index is -5.61. The van der Waals surface area contributed by atoms with Crippen molar-refractivity contribution in [1.82, 2.24) is 0 Å². The number of carbonyl (C=O) groups excluding carboxylic acids is 2. The van der Waals surface area contributed by atoms with E-state index in [0.717, 1.165) is 0 Å². The van der Waals surface area contributed by atoms with Gasteiger partial charge in [0, 0.05) is 11.5 Å². The zero-order valence-electron chi connectivity index (χ0n) is 55.9. The Hall–Kier alpha value is 7.43. The molecule has 554 valence electrons. The van der Waals surface area contributed by atoms with Gasteiger partial charge in [0.25, 0.3) is 0 Å². The van der Waals surface area contributed by atoms with Gasteiger partial charge in [0.15, 0.2) is 49.9 Å². The zero-order valence-corrected chi connectivity index (χ0v) is 80.3. The van der Waals surface area contributed by atoms with E-state index in [1.54, 1.807) is 0 Å². The first-order valence-corrected chi connectivity index (χ1v) is 32.0. The normalized spacial score (nSPS) is 34.5. The predicted octanol–water partition coefficient (Wildman–Crippen LogP) is -53.9. The summed E-state index contributed by atoms with van der Waals surface area (Å²) in [5.74, 6) is -3.17. The molecule has 5 saturated heterocycles. The Labute approximate surface area is 804 Å². The summed E-state index contributed by atoms with van der Waals surface area (Å²) in [4.78, 5) is 138. The molecule has 5 aliphatic heterocycles. The second-order valence-electron chi connectivity index (χ2n) is 19.0. The second-order valence-corrected chi connectivity index (χ2v) is 24.5. The third-order valence-electron chi connectivity index (χ3n) is 12.2. The number of rotatable bonds is 21. The van der Waals surface area contributed by atoms with Crippen LogP contribution in [0.1, 0.15) is 0 Å². The van der Waals surface area contributed by atoms with E-state index >= 15 is 0 Å². The van der Waals surface area contributed by atoms with Gasteiger partial charge >= 0.3 is 302 Å². The Morgan fingerprint density at radius 3 is 0.827 bits per heavy atom. The Morgan fingerprint density at radius 1 is 0.404 bits per heavy atom. The number of azide groups is 1. The van der Waals surface area contributed by atoms with Gasteiger partial charge in [-0.3, -0.25) is 4.79 Å². The monoisotopic (exact) mass is 1720 g/mol. The van der Waals surface area contributed by atoms with Crippen LogP contribution in [0.3, 0.4) is 0 Å². The molecule has 25 N–H and O–H groups in total. The number of aliphatic hydroxyl groups excluding tert-OH is 20. The van der Waals surface area contributed by atoms with Crippen LogP contribution in [0, 0.1) is 0 Å². The van der Waals surface area contributed by atoms with Gasteiger partial charge in [-0.25, -0.2) is 4.79 Å². The summed E-state index contributed by atoms with van der Waals surface area (Å²) in [5, 5.41) is 199. The average molecular weight is 1720 g/mol. The number of nitrogens with zero attached hydrogens (tertiary/aromatic N) is 3. The Bertz CT molecular complexity index is 2640. The SMILES string of the molecule is NC(=O)[C@@H](O)C1O[C@@H](OP(=O)([O-])[O-])C(O)[C@@H](O)[C@@H]1O.NC[C@@H](O)C1O[C@@H](OP(=O)([O-])[O-])C(O)[C@@H](O)[C@@H]1O.O=C(O)[C@@H](O)C1O[C@@H](OP(=O)([O-])[O-])C(O)[C@@H](O)[C@@H]1O.O=C[C@@H](O)C1O[C@@H](OP(=O)([O-])[O-])C(O)[C@@H](O)[C@@H]1O.[N-]=[N+]=NC[C@@H](O)C1O[C@@H](OP(=O)([O-])[O-])C(O)[C@@H](O)[C@@H]1O.[Na+].[Na+].[Na+].[Na+].[Na+].[Na+].[Na+].[Na+].[Na+].[Na+]. The van der Waals surface area contributed by atoms with Gasteiger partial charge in [-0.05, 0) is 5.53 Å². The summed E-state index contributed by atoms with van der Waals surface area (Å²) in [7, 11) is -27.7. The topological polar surface area (TPSA) is 985 Å². The second kappa shape index (κ2) is 60.0. The first-order valence-electron chi connectivity index (χ1n) is 24.7. The number of hydrogen-bond acceptors (Lipinski definition) is 50. The van der Waals surface area contributed by atoms with E-state index < -0.39 is 242 Å². The average Bonchev–Trinajstić information content (AvgIpc) is 0.831. The van der Waals surface area contributed by atoms with Crippen LogP contribution in [0.4, 0.5) is 0 Å². The molecule has 0 bridgehead atoms. The minimum Gasteiger partial charge on any atom is -0.790 e. The molecule has 0 aliphatic carbocycles. The van der Waals surface area contributed by atoms with Crippen LogP contribution in [0.2, 0.25) is 0 Å². The number of aliphatic hydroxyl groups is 20. The van der Waals surface area contributed by atoms with Crippen LogP contribution >= 0.6 is 39.1 Å². The number of carboxylic acids is 1. The zero-order chi connectivity index (χ0) is 73.6. The number of amides is 1. The van der Waals surface area contributed by atoms with Gasteiger partial charge in [-0.1, -0.05) is 5.11 Å². The summed E-state index contributed by atoms with van der Waals surface area (Å²) < 4.78 is 94.3. The summed E-state index contributed by atoms with van der Waals surface area (Å²) in [5.41, 5.74) is 17.9. The van der Waals surface area contributed by atoms with Crippen molar-refractivity contribution in [1.29, 1.82) is 0 Å². The van der Waals surface area contributed by atoms with Crippen molar-refractivity contribution in [3.05, 3.63) is 10.4 Å². The molecule has 0 aromatic heterocycles. The van der Waals surface area contributed by atoms with Crippen molar-refractivity contribution >= 4 is 57.3 Å². The number of carboxylic acid groups (broad SMARTS) is 1. The van der Waals surface area contributed by atoms with Crippen LogP contribution in [-0.4, -0.2) is 323 Å². The number of primary amides is 1. The third kappa shape index (κ3) is 45.4. The minimum absolute atomic E-state index is 0. The molecule has 5 rings (SSSR count). The predicted molar refractivity (Wildman–Crippen MR) is 253 cm³/mol. The number of phosphoric acid groups is 5. The number of phosphoric ester groups is 5. The van der Waals surface area contributed by atoms with Gasteiger partial charge in [0.05, 0.1) is 57.9 Å². The Morgan fingerprint density at radius 2 is 0.615 bits per heavy atom. The van der Waals surface area contributed by atoms with Gasteiger partial charge in [-0.15, -0.1) is 0 Å². The maximum Gasteiger partial charge on any atom is 1.00 e. The molecular weight excluding hydrogens is 1660 g/mol. The molecule has 5 fully saturated rings. The largest absolute Gasteiger partial charge is 1.00 e. The fourth-order valence-corrected chi connectivity index (χ4v) is 9.76. The number of carbonyl (C=O) groups is 3. The van der Waals surface area contributed by atoms with Crippen LogP contribution in [0.15, 0.2) is 5.11 Å². The van der Waals surface area contributed by atoms with Crippen molar-refractivity contribution in [3.8, 4) is 0 Å². The van der Waals surface area contributed by atoms with Gasteiger partial charge in [0.2, 0.25) is 5.91 Å². The quantitative estimate of drug-likeness (QED) is 0.0127. The van der Waals surface area contributed by atoms with Gasteiger partial charge in [-0.2, -0.15) is 0 Å². The standard InChI is InChI=1S/C7H14N3O9P.C7H14NO10P.C7H16NO9P.C7H13O11P.C7H13O10P.10Na/c8-10-9-1-2(11)6-4(13)3(12)5(14)7(18-6)19-20(15,16)17;8-6(13)4(12)5-2(10)1(9)3(11)7(17-5)18-19(14,15)16;8-1-2(9)6-4(11)3(10)5(12)7(16-6)17-18(13,14)15;8-1-2(9)5(4(11)6(12)13)17-7(3(1)10)18-19(14,15)16;8-1-2(9)6-4(11)3(10)5(12)7(16-6)17-18(13,14)15;;;;;;;;;;/h2-7,11-14H,1H2,(H2,15,16,17);1-5,7,9-12H,(H2,8,13)(H2,14,15,16);2-7,9-12H,1,8H2,(H2,13,14,15);1-5,7-11H,(H,12,13)(H2,14,15,16);1-7,9-12H,(H2,13,14,15);;;;;;;;;;/q;;;;;10*+1/p-10/t2-,3+,4+,5?,6?,7+;1-,2-,3?,4-,5?,7-;2-,3+,4+,5?,6?,7+;1-,2-,3?,4-,5?,7-;2-,3+,4+,5?,6?,7+;;;;;;;;;;/m10101........../s1. The molecule has 0 saturated carbocycles. The molecule has 0 spiro atoms. The smallest absolute Gasteiger partial charge is 0.790 e. The Kier molecular flexibility index (Phi) is 76.2. The number of aliphatic carboxylic acids is 1. The number of hydrogen-bond donors (Lipinski definition) is 23. The molecule has 0 aromatic rings. The molecule has 0 radical (unpaired) electrons. The van der Waals surface area contributed by atoms with Crippen LogP contribution in [-0.2, 0) is 83.5 Å². The molecular formula is C35H60N5Na10O49P5. The van der Waals surface area contributed by atoms with E-state index in [9.17, 15) is 183 Å². The van der Waals surface area contributed by atoms with E-state index in [2.05, 4.69) is 46.9 Å². The molecule has 54 nitrogen and oxygen atoms in total. The summed E-state index contributed by atoms with van der Waals surface area (Å²) in [6.45, 7) is -0.913. The maximum absolute atomic E-state index is 10.7. The van der Waals surface area contributed by atoms with E-state index in [-0.39, 0.29) is 308 Å². The number of nitrogens with two attached hydrogens (primary N) is 2. The van der Waals surface area contributed by atoms with Gasteiger partial charge in [0.1, 0.15) is 128 Å². The molecule has 69 heteroatoms. The van der Waals surface area contributed by atoms with Crippen LogP contribution in [0.5, 0.6) is 0 Å². The van der Waals surface area contributed by atoms with E-state index in [1.165, 1.54) is 0 Å². The summed E-state index contributed by atoms with van der Waals surface area (Å²) >= 11 is 0. The van der Waals surface area contributed by atoms with E-state index in [4.69, 9.17) is 36.7 Å². The van der Waals surface area contributed by atoms with Crippen LogP contribution in [0.25, 0.3) is 10.4 Å². The molecule has 30 atom stereocenters. The van der Waals surface area contributed by atoms with E-state index in [1.807, 2.05) is 0 Å². The summed E-state index contributed by atoms with van der Waals surface area (Å²) in [6, 6.07) is 0. The molecule has 0 aromatic carbocycles. The first-order chi connectivity index (χ1) is 42.6. The van der Waals surface area contributed by atoms with Crippen molar-refractivity contribution in [2.24, 2.45) is 16.6 Å². The number of ether oxygens (including phenoxy) is 5. The van der Waals surface area contributed by atoms with Crippen LogP contribution < -0.4 is 356 Å². The van der Waals surface area contributed by atoms with Crippen molar-refractivity contribution < 1.29 is 535 Å². The maximum atomic E-state index is 10.7. The molecule has 1 amide bonds. The van der Waals surface area contributed by atoms with Gasteiger partial charge < -0.3 is 242 Å². The van der Waals surface area contributed by atoms with E-state index in [0.29, 0.717) is 0 Å². The Balaban J connectivity index is -0.000000130. The molecule has 5 heterocycles. The first kappa shape index (κ1) is 132. The fraction of sp³-hybridized carbons (Fsp3) is 0.914.